The number of aryl methyl sites for hydroxylation is 1. The number of para-hydroxylation sites is 1. The number of benzene rings is 3. The van der Waals surface area contributed by atoms with E-state index in [1.54, 1.807) is 38.1 Å². The SMILES string of the molecule is CCCCc1nc2c(N)nc3ccccc3c2n1Cc1cccc(CNC(=O)OCc2ccc(NC(=O)[C@H](CCCNC(N)=O)NC(=O)[C@@H](NC(=O)CCOCCOCCOCCOCCN=[N+]=[N-])C(C)C)cc2)c1. The molecule has 2 heterocycles. The lowest BCUT2D eigenvalue weighted by Gasteiger charge is -2.25. The number of pyridine rings is 1. The van der Waals surface area contributed by atoms with Crippen molar-refractivity contribution < 1.29 is 47.7 Å². The van der Waals surface area contributed by atoms with Gasteiger partial charge in [-0.15, -0.1) is 0 Å². The number of unbranched alkanes of at least 4 members (excludes halogenated alkanes) is 1. The van der Waals surface area contributed by atoms with Crippen LogP contribution < -0.4 is 38.1 Å². The minimum absolute atomic E-state index is 0.0117. The van der Waals surface area contributed by atoms with E-state index in [0.29, 0.717) is 75.2 Å². The Morgan fingerprint density at radius 3 is 2.17 bits per heavy atom. The number of carbonyl (C=O) groups is 5. The highest BCUT2D eigenvalue weighted by Gasteiger charge is 2.29. The van der Waals surface area contributed by atoms with Crippen LogP contribution in [0.15, 0.2) is 77.9 Å². The predicted molar refractivity (Wildman–Crippen MR) is 283 cm³/mol. The Balaban J connectivity index is 1.06. The standard InChI is InChI=1S/C52H71N13O10/c1-4-5-15-43-62-46-47(40-12-6-7-13-41(40)60-48(46)53)65(43)33-38-11-8-10-37(31-38)32-57-52(70)75-34-36-16-18-39(19-17-36)59-49(67)42(14-9-21-56-51(54)69)61-50(68)45(35(2)3)63-44(66)20-23-71-25-27-73-29-30-74-28-26-72-24-22-58-64-55/h6-8,10-13,16-19,31,35,42,45H,4-5,9,14-15,20-30,32-34H2,1-3H3,(H2,53,60)(H,57,70)(H,59,67)(H,61,68)(H,63,66)(H3,54,56,69)/t42-,45-/m0/s1. The molecule has 9 N–H and O–H groups in total. The van der Waals surface area contributed by atoms with Gasteiger partial charge < -0.3 is 66.3 Å². The molecule has 23 nitrogen and oxygen atoms in total. The Bertz CT molecular complexity index is 2680. The van der Waals surface area contributed by atoms with Crippen LogP contribution in [0.4, 0.5) is 21.1 Å². The zero-order valence-electron chi connectivity index (χ0n) is 43.0. The summed E-state index contributed by atoms with van der Waals surface area (Å²) in [5, 5.41) is 18.0. The molecular weight excluding hydrogens is 967 g/mol. The number of hydrogen-bond acceptors (Lipinski definition) is 14. The van der Waals surface area contributed by atoms with Gasteiger partial charge in [0, 0.05) is 55.0 Å². The molecular formula is C52H71N13O10. The topological polar surface area (TPSA) is 323 Å². The minimum Gasteiger partial charge on any atom is -0.445 e. The number of primary amides is 1. The largest absolute Gasteiger partial charge is 0.445 e. The Hall–Kier alpha value is -7.56. The molecule has 0 saturated heterocycles. The maximum Gasteiger partial charge on any atom is 0.407 e. The van der Waals surface area contributed by atoms with E-state index in [-0.39, 0.29) is 58.2 Å². The van der Waals surface area contributed by atoms with Crippen molar-refractivity contribution in [3.05, 3.63) is 106 Å². The highest BCUT2D eigenvalue weighted by molar-refractivity contribution is 6.06. The second-order valence-corrected chi connectivity index (χ2v) is 17.8. The summed E-state index contributed by atoms with van der Waals surface area (Å²) in [5.74, 6) is -0.487. The van der Waals surface area contributed by atoms with Gasteiger partial charge in [-0.3, -0.25) is 14.4 Å². The monoisotopic (exact) mass is 1040 g/mol. The molecule has 0 radical (unpaired) electrons. The number of aromatic nitrogens is 3. The van der Waals surface area contributed by atoms with Gasteiger partial charge in [-0.05, 0) is 65.6 Å². The summed E-state index contributed by atoms with van der Waals surface area (Å²) in [6.07, 6.45) is 2.63. The quantitative estimate of drug-likeness (QED) is 0.0112. The summed E-state index contributed by atoms with van der Waals surface area (Å²) < 4.78 is 29.4. The van der Waals surface area contributed by atoms with E-state index in [1.165, 1.54) is 0 Å². The van der Waals surface area contributed by atoms with Crippen LogP contribution in [-0.2, 0) is 64.2 Å². The number of nitrogens with one attached hydrogen (secondary N) is 5. The molecule has 75 heavy (non-hydrogen) atoms. The maximum absolute atomic E-state index is 13.6. The van der Waals surface area contributed by atoms with Crippen LogP contribution in [0.1, 0.15) is 75.4 Å². The number of nitrogens with zero attached hydrogens (tertiary/aromatic N) is 6. The number of urea groups is 1. The average Bonchev–Trinajstić information content (AvgIpc) is 3.76. The maximum atomic E-state index is 13.6. The average molecular weight is 1040 g/mol. The molecule has 6 amide bonds. The Morgan fingerprint density at radius 2 is 1.48 bits per heavy atom. The second-order valence-electron chi connectivity index (χ2n) is 17.8. The predicted octanol–water partition coefficient (Wildman–Crippen LogP) is 5.76. The first-order chi connectivity index (χ1) is 36.4. The van der Waals surface area contributed by atoms with E-state index >= 15 is 0 Å². The van der Waals surface area contributed by atoms with Gasteiger partial charge in [0.15, 0.2) is 5.82 Å². The lowest BCUT2D eigenvalue weighted by Crippen LogP contribution is -2.54. The van der Waals surface area contributed by atoms with Crippen LogP contribution in [0.5, 0.6) is 0 Å². The molecule has 0 spiro atoms. The lowest BCUT2D eigenvalue weighted by atomic mass is 10.0. The number of nitrogen functional groups attached to an aromatic ring is 1. The summed E-state index contributed by atoms with van der Waals surface area (Å²) in [6.45, 7) is 9.29. The third-order valence-corrected chi connectivity index (χ3v) is 11.7. The molecule has 2 aromatic heterocycles. The number of ether oxygens (including phenoxy) is 5. The number of nitrogens with two attached hydrogens (primary N) is 2. The third kappa shape index (κ3) is 20.0. The summed E-state index contributed by atoms with van der Waals surface area (Å²) in [6, 6.07) is 19.9. The fourth-order valence-electron chi connectivity index (χ4n) is 7.81. The molecule has 0 fully saturated rings. The van der Waals surface area contributed by atoms with Gasteiger partial charge in [0.2, 0.25) is 17.7 Å². The normalized spacial score (nSPS) is 11.9. The third-order valence-electron chi connectivity index (χ3n) is 11.7. The molecule has 0 saturated carbocycles. The number of rotatable bonds is 34. The number of azide groups is 1. The lowest BCUT2D eigenvalue weighted by molar-refractivity contribution is -0.132. The van der Waals surface area contributed by atoms with Gasteiger partial charge in [-0.2, -0.15) is 0 Å². The zero-order chi connectivity index (χ0) is 53.8. The highest BCUT2D eigenvalue weighted by atomic mass is 16.6. The molecule has 5 rings (SSSR count). The molecule has 0 bridgehead atoms. The van der Waals surface area contributed by atoms with Gasteiger partial charge in [0.1, 0.15) is 30.0 Å². The van der Waals surface area contributed by atoms with Crippen molar-refractivity contribution in [3.8, 4) is 0 Å². The summed E-state index contributed by atoms with van der Waals surface area (Å²) in [7, 11) is 0. The molecule has 0 unspecified atom stereocenters. The van der Waals surface area contributed by atoms with Gasteiger partial charge in [0.25, 0.3) is 0 Å². The molecule has 404 valence electrons. The number of alkyl carbamates (subject to hydrolysis) is 1. The van der Waals surface area contributed by atoms with E-state index in [0.717, 1.165) is 52.6 Å². The van der Waals surface area contributed by atoms with Gasteiger partial charge in [-0.1, -0.05) is 86.9 Å². The van der Waals surface area contributed by atoms with Gasteiger partial charge in [-0.25, -0.2) is 19.6 Å². The van der Waals surface area contributed by atoms with E-state index < -0.39 is 41.9 Å². The number of carbonyl (C=O) groups excluding carboxylic acids is 5. The number of fused-ring (bicyclic) bond motifs is 3. The van der Waals surface area contributed by atoms with Gasteiger partial charge in [0.05, 0.1) is 63.9 Å². The number of amides is 6. The molecule has 2 atom stereocenters. The van der Waals surface area contributed by atoms with Crippen LogP contribution in [-0.4, -0.2) is 122 Å². The second kappa shape index (κ2) is 31.9. The molecule has 0 aliphatic rings. The van der Waals surface area contributed by atoms with Crippen molar-refractivity contribution >= 4 is 63.3 Å². The smallest absolute Gasteiger partial charge is 0.407 e. The van der Waals surface area contributed by atoms with E-state index in [1.807, 2.05) is 48.5 Å². The summed E-state index contributed by atoms with van der Waals surface area (Å²) in [4.78, 5) is 76.5. The first-order valence-electron chi connectivity index (χ1n) is 25.2. The first-order valence-corrected chi connectivity index (χ1v) is 25.2. The Labute approximate surface area is 436 Å². The first kappa shape index (κ1) is 58.3. The minimum atomic E-state index is -1.04. The van der Waals surface area contributed by atoms with Crippen molar-refractivity contribution in [3.63, 3.8) is 0 Å². The summed E-state index contributed by atoms with van der Waals surface area (Å²) >= 11 is 0. The van der Waals surface area contributed by atoms with Crippen LogP contribution >= 0.6 is 0 Å². The van der Waals surface area contributed by atoms with Crippen LogP contribution in [0.25, 0.3) is 32.4 Å². The zero-order valence-corrected chi connectivity index (χ0v) is 43.0. The van der Waals surface area contributed by atoms with Crippen LogP contribution in [0.3, 0.4) is 0 Å². The van der Waals surface area contributed by atoms with Crippen molar-refractivity contribution in [1.82, 2.24) is 35.8 Å². The molecule has 0 aliphatic carbocycles. The Kier molecular flexibility index (Phi) is 24.8. The molecule has 23 heteroatoms. The molecule has 5 aromatic rings. The van der Waals surface area contributed by atoms with Gasteiger partial charge >= 0.3 is 12.1 Å². The van der Waals surface area contributed by atoms with E-state index in [9.17, 15) is 24.0 Å². The molecule has 0 aliphatic heterocycles. The number of anilines is 2. The van der Waals surface area contributed by atoms with Crippen LogP contribution in [0.2, 0.25) is 0 Å². The fraction of sp³-hybridized carbons (Fsp3) is 0.481. The fourth-order valence-corrected chi connectivity index (χ4v) is 7.81. The highest BCUT2D eigenvalue weighted by Crippen LogP contribution is 2.30. The summed E-state index contributed by atoms with van der Waals surface area (Å²) in [5.41, 5.74) is 25.3. The van der Waals surface area contributed by atoms with E-state index in [2.05, 4.69) is 53.1 Å². The van der Waals surface area contributed by atoms with Crippen molar-refractivity contribution in [2.45, 2.75) is 91.1 Å². The van der Waals surface area contributed by atoms with Crippen LogP contribution in [0, 0.1) is 5.92 Å². The number of hydrogen-bond donors (Lipinski definition) is 7. The Morgan fingerprint density at radius 1 is 0.787 bits per heavy atom. The van der Waals surface area contributed by atoms with Crippen molar-refractivity contribution in [2.24, 2.45) is 16.8 Å². The molecule has 3 aromatic carbocycles. The van der Waals surface area contributed by atoms with Crippen molar-refractivity contribution in [1.29, 1.82) is 0 Å². The van der Waals surface area contributed by atoms with E-state index in [4.69, 9.17) is 45.7 Å². The van der Waals surface area contributed by atoms with Crippen molar-refractivity contribution in [2.75, 3.05) is 77.0 Å². The number of imidazole rings is 1.